The van der Waals surface area contributed by atoms with Gasteiger partial charge >= 0.3 is 5.97 Å². The van der Waals surface area contributed by atoms with Gasteiger partial charge in [-0.2, -0.15) is 0 Å². The number of ether oxygens (including phenoxy) is 2. The van der Waals surface area contributed by atoms with Gasteiger partial charge in [0.05, 0.1) is 25.2 Å². The van der Waals surface area contributed by atoms with E-state index in [1.165, 1.54) is 12.7 Å². The van der Waals surface area contributed by atoms with Crippen LogP contribution in [0.1, 0.15) is 18.4 Å². The highest BCUT2D eigenvalue weighted by molar-refractivity contribution is 5.72. The molecule has 0 amide bonds. The standard InChI is InChI=1S/C16H21NO3/c1-19-15(18)14-10-17(9-13-5-3-2-4-6-13)12-16(7-8-16)20-11-14/h2-6,14H,7-12H2,1H3. The van der Waals surface area contributed by atoms with Crippen molar-refractivity contribution < 1.29 is 14.3 Å². The predicted molar refractivity (Wildman–Crippen MR) is 75.1 cm³/mol. The quantitative estimate of drug-likeness (QED) is 0.789. The van der Waals surface area contributed by atoms with Crippen LogP contribution >= 0.6 is 0 Å². The highest BCUT2D eigenvalue weighted by Gasteiger charge is 2.48. The number of benzene rings is 1. The molecule has 1 spiro atoms. The Labute approximate surface area is 119 Å². The molecular formula is C16H21NO3. The Morgan fingerprint density at radius 3 is 2.80 bits per heavy atom. The Morgan fingerprint density at radius 1 is 1.40 bits per heavy atom. The smallest absolute Gasteiger partial charge is 0.312 e. The van der Waals surface area contributed by atoms with Gasteiger partial charge in [-0.15, -0.1) is 0 Å². The zero-order valence-electron chi connectivity index (χ0n) is 11.9. The molecule has 108 valence electrons. The zero-order chi connectivity index (χ0) is 14.0. The fourth-order valence-electron chi connectivity index (χ4n) is 2.87. The first-order valence-electron chi connectivity index (χ1n) is 7.19. The molecular weight excluding hydrogens is 254 g/mol. The van der Waals surface area contributed by atoms with Crippen molar-refractivity contribution in [2.24, 2.45) is 5.92 Å². The molecule has 4 nitrogen and oxygen atoms in total. The molecule has 1 unspecified atom stereocenters. The number of carbonyl (C=O) groups is 1. The minimum Gasteiger partial charge on any atom is -0.469 e. The van der Waals surface area contributed by atoms with Gasteiger partial charge in [0.1, 0.15) is 0 Å². The van der Waals surface area contributed by atoms with Crippen molar-refractivity contribution in [3.63, 3.8) is 0 Å². The summed E-state index contributed by atoms with van der Waals surface area (Å²) in [6.07, 6.45) is 2.21. The number of esters is 1. The monoisotopic (exact) mass is 275 g/mol. The molecule has 1 heterocycles. The van der Waals surface area contributed by atoms with Gasteiger partial charge < -0.3 is 9.47 Å². The van der Waals surface area contributed by atoms with Gasteiger partial charge in [0.15, 0.2) is 0 Å². The Bertz CT molecular complexity index is 470. The first-order chi connectivity index (χ1) is 9.71. The van der Waals surface area contributed by atoms with Crippen LogP contribution in [0.3, 0.4) is 0 Å². The molecule has 1 aliphatic carbocycles. The number of methoxy groups -OCH3 is 1. The molecule has 20 heavy (non-hydrogen) atoms. The maximum atomic E-state index is 11.8. The summed E-state index contributed by atoms with van der Waals surface area (Å²) in [5.74, 6) is -0.343. The van der Waals surface area contributed by atoms with Crippen molar-refractivity contribution in [3.05, 3.63) is 35.9 Å². The maximum absolute atomic E-state index is 11.8. The Balaban J connectivity index is 1.71. The number of nitrogens with zero attached hydrogens (tertiary/aromatic N) is 1. The summed E-state index contributed by atoms with van der Waals surface area (Å²) in [7, 11) is 1.45. The van der Waals surface area contributed by atoms with Crippen molar-refractivity contribution in [3.8, 4) is 0 Å². The summed E-state index contributed by atoms with van der Waals surface area (Å²) in [5, 5.41) is 0. The van der Waals surface area contributed by atoms with Crippen LogP contribution in [0.15, 0.2) is 30.3 Å². The normalized spacial score (nSPS) is 25.1. The maximum Gasteiger partial charge on any atom is 0.312 e. The summed E-state index contributed by atoms with van der Waals surface area (Å²) in [6.45, 7) is 2.97. The van der Waals surface area contributed by atoms with Gasteiger partial charge in [0.25, 0.3) is 0 Å². The third kappa shape index (κ3) is 3.02. The molecule has 1 saturated carbocycles. The van der Waals surface area contributed by atoms with Crippen molar-refractivity contribution in [2.75, 3.05) is 26.8 Å². The molecule has 1 aliphatic heterocycles. The number of rotatable bonds is 3. The van der Waals surface area contributed by atoms with Crippen LogP contribution < -0.4 is 0 Å². The van der Waals surface area contributed by atoms with Gasteiger partial charge in [-0.25, -0.2) is 0 Å². The van der Waals surface area contributed by atoms with E-state index in [-0.39, 0.29) is 17.5 Å². The van der Waals surface area contributed by atoms with Crippen molar-refractivity contribution in [2.45, 2.75) is 25.0 Å². The summed E-state index contributed by atoms with van der Waals surface area (Å²) >= 11 is 0. The fraction of sp³-hybridized carbons (Fsp3) is 0.562. The highest BCUT2D eigenvalue weighted by Crippen LogP contribution is 2.42. The Hall–Kier alpha value is -1.39. The molecule has 0 radical (unpaired) electrons. The molecule has 3 rings (SSSR count). The summed E-state index contributed by atoms with van der Waals surface area (Å²) in [5.41, 5.74) is 1.27. The average Bonchev–Trinajstić information content (AvgIpc) is 3.26. The zero-order valence-corrected chi connectivity index (χ0v) is 11.9. The topological polar surface area (TPSA) is 38.8 Å². The summed E-state index contributed by atoms with van der Waals surface area (Å²) in [6, 6.07) is 10.4. The SMILES string of the molecule is COC(=O)C1COC2(CC2)CN(Cc2ccccc2)C1. The average molecular weight is 275 g/mol. The highest BCUT2D eigenvalue weighted by atomic mass is 16.5. The van der Waals surface area contributed by atoms with E-state index in [1.807, 2.05) is 18.2 Å². The van der Waals surface area contributed by atoms with Crippen LogP contribution in [0, 0.1) is 5.92 Å². The summed E-state index contributed by atoms with van der Waals surface area (Å²) < 4.78 is 10.8. The van der Waals surface area contributed by atoms with E-state index >= 15 is 0 Å². The molecule has 1 aromatic carbocycles. The van der Waals surface area contributed by atoms with Crippen LogP contribution in [0.25, 0.3) is 0 Å². The van der Waals surface area contributed by atoms with E-state index in [2.05, 4.69) is 17.0 Å². The van der Waals surface area contributed by atoms with E-state index in [0.717, 1.165) is 25.9 Å². The Kier molecular flexibility index (Phi) is 3.76. The van der Waals surface area contributed by atoms with Crippen LogP contribution in [0.5, 0.6) is 0 Å². The third-order valence-electron chi connectivity index (χ3n) is 4.17. The minimum absolute atomic E-state index is 0.00243. The molecule has 2 aliphatic rings. The molecule has 1 atom stereocenters. The molecule has 4 heteroatoms. The Morgan fingerprint density at radius 2 is 2.15 bits per heavy atom. The van der Waals surface area contributed by atoms with Crippen molar-refractivity contribution in [1.82, 2.24) is 4.90 Å². The van der Waals surface area contributed by atoms with Gasteiger partial charge in [-0.1, -0.05) is 30.3 Å². The molecule has 2 fully saturated rings. The molecule has 0 aromatic heterocycles. The van der Waals surface area contributed by atoms with E-state index in [1.54, 1.807) is 0 Å². The van der Waals surface area contributed by atoms with E-state index in [0.29, 0.717) is 13.2 Å². The first kappa shape index (κ1) is 13.6. The molecule has 1 saturated heterocycles. The lowest BCUT2D eigenvalue weighted by Gasteiger charge is -2.24. The van der Waals surface area contributed by atoms with Crippen LogP contribution in [0.2, 0.25) is 0 Å². The third-order valence-corrected chi connectivity index (χ3v) is 4.17. The lowest BCUT2D eigenvalue weighted by molar-refractivity contribution is -0.147. The van der Waals surface area contributed by atoms with Crippen molar-refractivity contribution in [1.29, 1.82) is 0 Å². The van der Waals surface area contributed by atoms with Gasteiger partial charge in [-0.3, -0.25) is 9.69 Å². The fourth-order valence-corrected chi connectivity index (χ4v) is 2.87. The molecule has 1 aromatic rings. The lowest BCUT2D eigenvalue weighted by atomic mass is 10.1. The second-order valence-electron chi connectivity index (χ2n) is 5.87. The van der Waals surface area contributed by atoms with Gasteiger partial charge in [0, 0.05) is 19.6 Å². The second-order valence-corrected chi connectivity index (χ2v) is 5.87. The van der Waals surface area contributed by atoms with Crippen LogP contribution in [-0.2, 0) is 20.8 Å². The number of carbonyl (C=O) groups excluding carboxylic acids is 1. The first-order valence-corrected chi connectivity index (χ1v) is 7.19. The number of hydrogen-bond acceptors (Lipinski definition) is 4. The van der Waals surface area contributed by atoms with E-state index in [9.17, 15) is 4.79 Å². The molecule has 0 bridgehead atoms. The minimum atomic E-state index is -0.177. The van der Waals surface area contributed by atoms with Crippen LogP contribution in [-0.4, -0.2) is 43.3 Å². The summed E-state index contributed by atoms with van der Waals surface area (Å²) in [4.78, 5) is 14.2. The number of hydrogen-bond donors (Lipinski definition) is 0. The predicted octanol–water partition coefficient (Wildman–Crippen LogP) is 1.84. The van der Waals surface area contributed by atoms with Gasteiger partial charge in [0.2, 0.25) is 0 Å². The van der Waals surface area contributed by atoms with E-state index < -0.39 is 0 Å². The van der Waals surface area contributed by atoms with Crippen LogP contribution in [0.4, 0.5) is 0 Å². The lowest BCUT2D eigenvalue weighted by Crippen LogP contribution is -2.35. The second kappa shape index (κ2) is 5.54. The van der Waals surface area contributed by atoms with Crippen molar-refractivity contribution >= 4 is 5.97 Å². The molecule has 0 N–H and O–H groups in total. The largest absolute Gasteiger partial charge is 0.469 e. The van der Waals surface area contributed by atoms with E-state index in [4.69, 9.17) is 9.47 Å². The van der Waals surface area contributed by atoms with Gasteiger partial charge in [-0.05, 0) is 18.4 Å².